The Morgan fingerprint density at radius 2 is 0.753 bits per heavy atom. The molecule has 0 aromatic rings. The van der Waals surface area contributed by atoms with Crippen molar-refractivity contribution in [1.29, 1.82) is 0 Å². The average Bonchev–Trinajstić information content (AvgIpc) is 3.58. The molecule has 0 saturated heterocycles. The van der Waals surface area contributed by atoms with Crippen LogP contribution in [0.2, 0.25) is 0 Å². The van der Waals surface area contributed by atoms with Crippen molar-refractivity contribution in [1.82, 2.24) is 5.32 Å². The molecule has 85 heavy (non-hydrogen) atoms. The summed E-state index contributed by atoms with van der Waals surface area (Å²) in [5.74, 6) is -0.522. The lowest BCUT2D eigenvalue weighted by Crippen LogP contribution is -2.47. The van der Waals surface area contributed by atoms with E-state index in [1.807, 2.05) is 33.3 Å². The summed E-state index contributed by atoms with van der Waals surface area (Å²) in [6, 6.07) is -0.862. The normalized spacial score (nSPS) is 14.2. The van der Waals surface area contributed by atoms with Crippen LogP contribution in [-0.4, -0.2) is 74.3 Å². The van der Waals surface area contributed by atoms with Gasteiger partial charge in [-0.25, -0.2) is 4.57 Å². The molecule has 0 rings (SSSR count). The Labute approximate surface area is 525 Å². The van der Waals surface area contributed by atoms with E-state index in [9.17, 15) is 19.0 Å². The van der Waals surface area contributed by atoms with Gasteiger partial charge in [0.15, 0.2) is 0 Å². The second-order valence-corrected chi connectivity index (χ2v) is 26.1. The van der Waals surface area contributed by atoms with Crippen molar-refractivity contribution in [2.24, 2.45) is 0 Å². The topological polar surface area (TPSA) is 111 Å². The molecule has 0 aromatic heterocycles. The van der Waals surface area contributed by atoms with Crippen molar-refractivity contribution in [3.63, 3.8) is 0 Å². The molecule has 0 spiro atoms. The van der Waals surface area contributed by atoms with Gasteiger partial charge in [-0.05, 0) is 115 Å². The van der Waals surface area contributed by atoms with Gasteiger partial charge >= 0.3 is 13.8 Å². The highest BCUT2D eigenvalue weighted by atomic mass is 31.2. The standard InChI is InChI=1S/C75H133N2O7P/c1-7-10-13-16-19-22-25-27-29-31-33-35-37-38-40-42-44-46-48-50-53-56-59-62-65-68-75(79)84-73(66-63-60-57-54-51-24-21-18-15-12-9-3)72(71-83-85(80,81)82-70-69-77(4,5)6)76-74(78)67-64-61-58-55-52-49-47-45-43-41-39-36-34-32-30-28-26-23-20-17-14-11-8-2/h10,13,19-20,22-23,27-30,33,35,38,40,44,46,63,66,72-73H,7-9,11-12,14-18,21,24-26,31-32,34,36-37,39,41-43,45,47-62,64-65,67-71H2,1-6H3,(H-,76,78,80,81)/p+1/b13-10-,22-19-,23-20-,29-27-,30-28-,35-33-,40-38-,46-44-,66-63+. The Morgan fingerprint density at radius 1 is 0.424 bits per heavy atom. The molecule has 0 aliphatic carbocycles. The fourth-order valence-corrected chi connectivity index (χ4v) is 10.5. The minimum absolute atomic E-state index is 0.0331. The molecule has 2 N–H and O–H groups in total. The zero-order valence-corrected chi connectivity index (χ0v) is 57.0. The molecule has 0 bridgehead atoms. The average molecular weight is 1210 g/mol. The van der Waals surface area contributed by atoms with E-state index in [-0.39, 0.29) is 31.5 Å². The predicted molar refractivity (Wildman–Crippen MR) is 369 cm³/mol. The molecule has 3 unspecified atom stereocenters. The highest BCUT2D eigenvalue weighted by Gasteiger charge is 2.30. The third-order valence-corrected chi connectivity index (χ3v) is 16.2. The van der Waals surface area contributed by atoms with E-state index in [2.05, 4.69) is 123 Å². The van der Waals surface area contributed by atoms with Gasteiger partial charge in [0.25, 0.3) is 0 Å². The Balaban J connectivity index is 5.08. The lowest BCUT2D eigenvalue weighted by atomic mass is 10.0. The number of carbonyl (C=O) groups is 2. The molecular weight excluding hydrogens is 1070 g/mol. The number of unbranched alkanes of at least 4 members (excludes halogenated alkanes) is 31. The van der Waals surface area contributed by atoms with Crippen LogP contribution in [0.1, 0.15) is 303 Å². The summed E-state index contributed by atoms with van der Waals surface area (Å²) >= 11 is 0. The number of esters is 1. The minimum atomic E-state index is -4.46. The maximum atomic E-state index is 13.6. The van der Waals surface area contributed by atoms with Gasteiger partial charge in [-0.1, -0.05) is 285 Å². The van der Waals surface area contributed by atoms with E-state index in [0.717, 1.165) is 128 Å². The number of nitrogens with one attached hydrogen (secondary N) is 1. The fraction of sp³-hybridized carbons (Fsp3) is 0.733. The van der Waals surface area contributed by atoms with Crippen molar-refractivity contribution in [2.45, 2.75) is 315 Å². The largest absolute Gasteiger partial charge is 0.472 e. The Bertz CT molecular complexity index is 1820. The number of quaternary nitrogens is 1. The van der Waals surface area contributed by atoms with Crippen LogP contribution in [0.4, 0.5) is 0 Å². The first-order chi connectivity index (χ1) is 41.4. The van der Waals surface area contributed by atoms with E-state index < -0.39 is 20.0 Å². The molecule has 0 aliphatic heterocycles. The molecule has 10 heteroatoms. The monoisotopic (exact) mass is 1210 g/mol. The van der Waals surface area contributed by atoms with Gasteiger partial charge in [-0.3, -0.25) is 18.6 Å². The van der Waals surface area contributed by atoms with Crippen molar-refractivity contribution >= 4 is 19.7 Å². The van der Waals surface area contributed by atoms with E-state index in [0.29, 0.717) is 17.4 Å². The minimum Gasteiger partial charge on any atom is -0.456 e. The number of carbonyl (C=O) groups excluding carboxylic acids is 2. The highest BCUT2D eigenvalue weighted by Crippen LogP contribution is 2.43. The number of phosphoric acid groups is 1. The first kappa shape index (κ1) is 81.7. The van der Waals surface area contributed by atoms with Crippen molar-refractivity contribution in [3.05, 3.63) is 109 Å². The number of amides is 1. The molecule has 1 amide bonds. The number of nitrogens with zero attached hydrogens (tertiary/aromatic N) is 1. The third kappa shape index (κ3) is 65.0. The number of likely N-dealkylation sites (N-methyl/N-ethyl adjacent to an activating group) is 1. The second-order valence-electron chi connectivity index (χ2n) is 24.7. The summed E-state index contributed by atoms with van der Waals surface area (Å²) in [6.07, 6.45) is 88.1. The van der Waals surface area contributed by atoms with Gasteiger partial charge in [0, 0.05) is 12.8 Å². The van der Waals surface area contributed by atoms with E-state index in [4.69, 9.17) is 13.8 Å². The first-order valence-electron chi connectivity index (χ1n) is 35.2. The predicted octanol–water partition coefficient (Wildman–Crippen LogP) is 22.5. The molecular formula is C75H134N2O7P+. The summed E-state index contributed by atoms with van der Waals surface area (Å²) in [5.41, 5.74) is 0. The van der Waals surface area contributed by atoms with E-state index >= 15 is 0 Å². The van der Waals surface area contributed by atoms with Crippen LogP contribution in [0.3, 0.4) is 0 Å². The van der Waals surface area contributed by atoms with Gasteiger partial charge in [0.2, 0.25) is 5.91 Å². The van der Waals surface area contributed by atoms with Crippen LogP contribution in [-0.2, 0) is 27.9 Å². The third-order valence-electron chi connectivity index (χ3n) is 15.2. The van der Waals surface area contributed by atoms with Crippen LogP contribution < -0.4 is 5.32 Å². The lowest BCUT2D eigenvalue weighted by Gasteiger charge is -2.27. The lowest BCUT2D eigenvalue weighted by molar-refractivity contribution is -0.870. The maximum absolute atomic E-state index is 13.6. The van der Waals surface area contributed by atoms with Crippen molar-refractivity contribution in [2.75, 3.05) is 40.9 Å². The van der Waals surface area contributed by atoms with Gasteiger partial charge in [0.1, 0.15) is 19.3 Å². The van der Waals surface area contributed by atoms with Crippen LogP contribution in [0.25, 0.3) is 0 Å². The summed E-state index contributed by atoms with van der Waals surface area (Å²) in [7, 11) is 1.48. The number of rotatable bonds is 63. The summed E-state index contributed by atoms with van der Waals surface area (Å²) in [5, 5.41) is 3.06. The molecule has 0 heterocycles. The highest BCUT2D eigenvalue weighted by molar-refractivity contribution is 7.47. The van der Waals surface area contributed by atoms with Crippen LogP contribution >= 0.6 is 7.82 Å². The maximum Gasteiger partial charge on any atom is 0.472 e. The van der Waals surface area contributed by atoms with Crippen LogP contribution in [0.15, 0.2) is 109 Å². The second kappa shape index (κ2) is 63.7. The smallest absolute Gasteiger partial charge is 0.456 e. The zero-order valence-electron chi connectivity index (χ0n) is 56.1. The zero-order chi connectivity index (χ0) is 62.1. The van der Waals surface area contributed by atoms with E-state index in [1.165, 1.54) is 141 Å². The van der Waals surface area contributed by atoms with Gasteiger partial charge in [-0.15, -0.1) is 0 Å². The quantitative estimate of drug-likeness (QED) is 0.0205. The van der Waals surface area contributed by atoms with Crippen molar-refractivity contribution < 1.29 is 37.3 Å². The summed E-state index contributed by atoms with van der Waals surface area (Å²) < 4.78 is 30.8. The number of hydrogen-bond donors (Lipinski definition) is 2. The van der Waals surface area contributed by atoms with E-state index in [1.54, 1.807) is 0 Å². The van der Waals surface area contributed by atoms with Gasteiger partial charge in [0.05, 0.1) is 33.8 Å². The molecule has 0 fully saturated rings. The Hall–Kier alpha value is -3.33. The number of hydrogen-bond acceptors (Lipinski definition) is 6. The molecule has 9 nitrogen and oxygen atoms in total. The number of phosphoric ester groups is 1. The molecule has 3 atom stereocenters. The molecule has 0 aromatic carbocycles. The fourth-order valence-electron chi connectivity index (χ4n) is 9.80. The Kier molecular flexibility index (Phi) is 61.2. The molecule has 0 radical (unpaired) electrons. The Morgan fingerprint density at radius 3 is 1.15 bits per heavy atom. The number of ether oxygens (including phenoxy) is 1. The molecule has 490 valence electrons. The van der Waals surface area contributed by atoms with Crippen LogP contribution in [0.5, 0.6) is 0 Å². The molecule has 0 saturated carbocycles. The molecule has 0 aliphatic rings. The van der Waals surface area contributed by atoms with Gasteiger partial charge in [-0.2, -0.15) is 0 Å². The van der Waals surface area contributed by atoms with Crippen molar-refractivity contribution in [3.8, 4) is 0 Å². The summed E-state index contributed by atoms with van der Waals surface area (Å²) in [4.78, 5) is 37.9. The summed E-state index contributed by atoms with van der Waals surface area (Å²) in [6.45, 7) is 6.87. The number of allylic oxidation sites excluding steroid dienone is 17. The first-order valence-corrected chi connectivity index (χ1v) is 36.7. The van der Waals surface area contributed by atoms with Crippen LogP contribution in [0, 0.1) is 0 Å². The van der Waals surface area contributed by atoms with Gasteiger partial charge < -0.3 is 19.4 Å². The SMILES string of the molecule is CC/C=C\C/C=C\C/C=C\C/C=C\C/C=C\C/C=C\CCCCCCCCC(=O)OC(/C=C/CCCCCCCCCCC)C(COP(=O)(O)OCC[N+](C)(C)C)NC(=O)CCCCCCCCCCCCCCC/C=C\C/C=C\CCCCC.